The second-order valence-corrected chi connectivity index (χ2v) is 3.55. The standard InChI is InChI=1S/C9H12BrNO.ClH/c1-2-8(11)6-4-3-5-7(10)9(6)12;/h3-5,8,12H,2,11H2,1H3;1H/t8-;/m1./s1. The predicted molar refractivity (Wildman–Crippen MR) is 60.3 cm³/mol. The van der Waals surface area contributed by atoms with E-state index in [9.17, 15) is 5.11 Å². The summed E-state index contributed by atoms with van der Waals surface area (Å²) in [6.45, 7) is 1.99. The van der Waals surface area contributed by atoms with Crippen molar-refractivity contribution in [2.45, 2.75) is 19.4 Å². The Hall–Kier alpha value is -0.250. The minimum absolute atomic E-state index is 0. The lowest BCUT2D eigenvalue weighted by Crippen LogP contribution is -2.08. The molecule has 0 fully saturated rings. The number of hydrogen-bond donors (Lipinski definition) is 2. The van der Waals surface area contributed by atoms with E-state index in [1.165, 1.54) is 0 Å². The lowest BCUT2D eigenvalue weighted by molar-refractivity contribution is 0.457. The van der Waals surface area contributed by atoms with E-state index in [-0.39, 0.29) is 24.2 Å². The van der Waals surface area contributed by atoms with Gasteiger partial charge in [0, 0.05) is 11.6 Å². The molecule has 0 unspecified atom stereocenters. The van der Waals surface area contributed by atoms with Crippen molar-refractivity contribution in [3.63, 3.8) is 0 Å². The highest BCUT2D eigenvalue weighted by atomic mass is 79.9. The Morgan fingerprint density at radius 3 is 2.69 bits per heavy atom. The second kappa shape index (κ2) is 5.47. The zero-order valence-corrected chi connectivity index (χ0v) is 9.73. The largest absolute Gasteiger partial charge is 0.506 e. The molecule has 0 saturated heterocycles. The van der Waals surface area contributed by atoms with Crippen LogP contribution in [0.4, 0.5) is 0 Å². The highest BCUT2D eigenvalue weighted by Crippen LogP contribution is 2.31. The number of rotatable bonds is 2. The van der Waals surface area contributed by atoms with E-state index >= 15 is 0 Å². The normalized spacial score (nSPS) is 11.9. The van der Waals surface area contributed by atoms with Crippen molar-refractivity contribution >= 4 is 28.3 Å². The molecular weight excluding hydrogens is 253 g/mol. The van der Waals surface area contributed by atoms with Crippen LogP contribution in [-0.2, 0) is 0 Å². The van der Waals surface area contributed by atoms with E-state index in [1.54, 1.807) is 6.07 Å². The molecule has 0 heterocycles. The fourth-order valence-corrected chi connectivity index (χ4v) is 1.43. The Morgan fingerprint density at radius 2 is 2.15 bits per heavy atom. The Balaban J connectivity index is 0.00000144. The molecule has 4 heteroatoms. The number of phenols is 1. The first kappa shape index (κ1) is 12.8. The smallest absolute Gasteiger partial charge is 0.134 e. The number of phenolic OH excluding ortho intramolecular Hbond substituents is 1. The number of para-hydroxylation sites is 1. The summed E-state index contributed by atoms with van der Waals surface area (Å²) in [5.41, 5.74) is 6.58. The van der Waals surface area contributed by atoms with Gasteiger partial charge in [-0.15, -0.1) is 12.4 Å². The maximum absolute atomic E-state index is 9.57. The van der Waals surface area contributed by atoms with Crippen LogP contribution in [-0.4, -0.2) is 5.11 Å². The molecule has 0 aliphatic rings. The topological polar surface area (TPSA) is 46.2 Å². The van der Waals surface area contributed by atoms with Crippen LogP contribution < -0.4 is 5.73 Å². The molecule has 0 aliphatic heterocycles. The SMILES string of the molecule is CC[C@@H](N)c1cccc(Br)c1O.Cl. The maximum Gasteiger partial charge on any atom is 0.134 e. The van der Waals surface area contributed by atoms with Crippen LogP contribution in [0.2, 0.25) is 0 Å². The van der Waals surface area contributed by atoms with Gasteiger partial charge in [-0.3, -0.25) is 0 Å². The van der Waals surface area contributed by atoms with Crippen molar-refractivity contribution in [2.24, 2.45) is 5.73 Å². The van der Waals surface area contributed by atoms with Crippen LogP contribution in [0.15, 0.2) is 22.7 Å². The van der Waals surface area contributed by atoms with E-state index in [0.29, 0.717) is 4.47 Å². The van der Waals surface area contributed by atoms with E-state index in [0.717, 1.165) is 12.0 Å². The first-order valence-corrected chi connectivity index (χ1v) is 4.69. The van der Waals surface area contributed by atoms with E-state index in [1.807, 2.05) is 19.1 Å². The molecule has 74 valence electrons. The predicted octanol–water partition coefficient (Wildman–Crippen LogP) is 2.99. The van der Waals surface area contributed by atoms with Crippen molar-refractivity contribution in [1.29, 1.82) is 0 Å². The molecule has 3 N–H and O–H groups in total. The maximum atomic E-state index is 9.57. The molecule has 2 nitrogen and oxygen atoms in total. The lowest BCUT2D eigenvalue weighted by Gasteiger charge is -2.11. The summed E-state index contributed by atoms with van der Waals surface area (Å²) in [6.07, 6.45) is 0.823. The van der Waals surface area contributed by atoms with Crippen LogP contribution in [0.3, 0.4) is 0 Å². The molecule has 1 aromatic rings. The van der Waals surface area contributed by atoms with Gasteiger partial charge in [0.25, 0.3) is 0 Å². The highest BCUT2D eigenvalue weighted by Gasteiger charge is 2.10. The molecule has 0 aromatic heterocycles. The van der Waals surface area contributed by atoms with Crippen molar-refractivity contribution in [3.05, 3.63) is 28.2 Å². The van der Waals surface area contributed by atoms with Crippen LogP contribution in [0.5, 0.6) is 5.75 Å². The van der Waals surface area contributed by atoms with Gasteiger partial charge in [0.2, 0.25) is 0 Å². The number of aromatic hydroxyl groups is 1. The Bertz CT molecular complexity index is 280. The summed E-state index contributed by atoms with van der Waals surface area (Å²) in [7, 11) is 0. The fourth-order valence-electron chi connectivity index (χ4n) is 1.05. The Kier molecular flexibility index (Phi) is 5.37. The lowest BCUT2D eigenvalue weighted by atomic mass is 10.0. The van der Waals surface area contributed by atoms with E-state index in [2.05, 4.69) is 15.9 Å². The fraction of sp³-hybridized carbons (Fsp3) is 0.333. The van der Waals surface area contributed by atoms with Crippen LogP contribution in [0.25, 0.3) is 0 Å². The summed E-state index contributed by atoms with van der Waals surface area (Å²) in [5, 5.41) is 9.57. The summed E-state index contributed by atoms with van der Waals surface area (Å²) < 4.78 is 0.698. The number of hydrogen-bond acceptors (Lipinski definition) is 2. The average molecular weight is 267 g/mol. The molecule has 0 spiro atoms. The van der Waals surface area contributed by atoms with Crippen LogP contribution >= 0.6 is 28.3 Å². The van der Waals surface area contributed by atoms with Gasteiger partial charge in [-0.2, -0.15) is 0 Å². The first-order valence-electron chi connectivity index (χ1n) is 3.89. The number of benzene rings is 1. The summed E-state index contributed by atoms with van der Waals surface area (Å²) in [4.78, 5) is 0. The molecule has 1 rings (SSSR count). The zero-order chi connectivity index (χ0) is 9.14. The Labute approximate surface area is 92.7 Å². The van der Waals surface area contributed by atoms with Gasteiger partial charge in [-0.1, -0.05) is 19.1 Å². The van der Waals surface area contributed by atoms with Gasteiger partial charge >= 0.3 is 0 Å². The second-order valence-electron chi connectivity index (χ2n) is 2.69. The minimum Gasteiger partial charge on any atom is -0.506 e. The quantitative estimate of drug-likeness (QED) is 0.864. The van der Waals surface area contributed by atoms with Crippen LogP contribution in [0, 0.1) is 0 Å². The molecule has 0 aliphatic carbocycles. The molecule has 1 atom stereocenters. The number of halogens is 2. The minimum atomic E-state index is -0.0810. The first-order chi connectivity index (χ1) is 5.66. The van der Waals surface area contributed by atoms with Crippen molar-refractivity contribution in [2.75, 3.05) is 0 Å². The molecule has 1 aromatic carbocycles. The van der Waals surface area contributed by atoms with Gasteiger partial charge < -0.3 is 10.8 Å². The molecule has 0 bridgehead atoms. The highest BCUT2D eigenvalue weighted by molar-refractivity contribution is 9.10. The average Bonchev–Trinajstić information content (AvgIpc) is 2.08. The van der Waals surface area contributed by atoms with Crippen molar-refractivity contribution < 1.29 is 5.11 Å². The third-order valence-corrected chi connectivity index (χ3v) is 2.50. The Morgan fingerprint density at radius 1 is 1.54 bits per heavy atom. The third kappa shape index (κ3) is 2.86. The van der Waals surface area contributed by atoms with Gasteiger partial charge in [-0.25, -0.2) is 0 Å². The summed E-state index contributed by atoms with van der Waals surface area (Å²) in [5.74, 6) is 0.256. The third-order valence-electron chi connectivity index (χ3n) is 1.86. The number of nitrogens with two attached hydrogens (primary N) is 1. The molecule has 0 saturated carbocycles. The van der Waals surface area contributed by atoms with E-state index in [4.69, 9.17) is 5.73 Å². The van der Waals surface area contributed by atoms with Crippen molar-refractivity contribution in [3.8, 4) is 5.75 Å². The molecule has 0 radical (unpaired) electrons. The summed E-state index contributed by atoms with van der Waals surface area (Å²) in [6, 6.07) is 5.42. The van der Waals surface area contributed by atoms with Gasteiger partial charge in [0.15, 0.2) is 0 Å². The zero-order valence-electron chi connectivity index (χ0n) is 7.33. The molecule has 13 heavy (non-hydrogen) atoms. The van der Waals surface area contributed by atoms with Gasteiger partial charge in [-0.05, 0) is 28.4 Å². The van der Waals surface area contributed by atoms with Gasteiger partial charge in [0.05, 0.1) is 4.47 Å². The summed E-state index contributed by atoms with van der Waals surface area (Å²) >= 11 is 3.24. The van der Waals surface area contributed by atoms with Gasteiger partial charge in [0.1, 0.15) is 5.75 Å². The molecular formula is C9H13BrClNO. The molecule has 0 amide bonds. The van der Waals surface area contributed by atoms with E-state index < -0.39 is 0 Å². The van der Waals surface area contributed by atoms with Crippen molar-refractivity contribution in [1.82, 2.24) is 0 Å². The van der Waals surface area contributed by atoms with Crippen LogP contribution in [0.1, 0.15) is 24.9 Å². The monoisotopic (exact) mass is 265 g/mol.